The number of nitrogens with one attached hydrogen (secondary N) is 3. The number of carbonyl (C=O) groups excluding carboxylic acids is 1. The van der Waals surface area contributed by atoms with Gasteiger partial charge in [-0.3, -0.25) is 9.79 Å². The standard InChI is InChI=1S/C18H31N5O2/c1-15(24)22-17-8-5-7-16(13-17)14-21-18(19-2)20-9-11-23(3)10-6-12-25-4/h5,7-8,13H,6,9-12,14H2,1-4H3,(H,22,24)(H2,19,20,21). The summed E-state index contributed by atoms with van der Waals surface area (Å²) in [5.74, 6) is 0.687. The minimum atomic E-state index is -0.0720. The highest BCUT2D eigenvalue weighted by molar-refractivity contribution is 5.88. The van der Waals surface area contributed by atoms with E-state index >= 15 is 0 Å². The summed E-state index contributed by atoms with van der Waals surface area (Å²) >= 11 is 0. The average molecular weight is 349 g/mol. The van der Waals surface area contributed by atoms with Crippen LogP contribution in [0.4, 0.5) is 5.69 Å². The maximum absolute atomic E-state index is 11.1. The molecular weight excluding hydrogens is 318 g/mol. The molecular formula is C18H31N5O2. The highest BCUT2D eigenvalue weighted by atomic mass is 16.5. The zero-order valence-electron chi connectivity index (χ0n) is 15.8. The predicted molar refractivity (Wildman–Crippen MR) is 103 cm³/mol. The van der Waals surface area contributed by atoms with Gasteiger partial charge in [0.25, 0.3) is 0 Å². The van der Waals surface area contributed by atoms with Crippen LogP contribution in [0.2, 0.25) is 0 Å². The van der Waals surface area contributed by atoms with Gasteiger partial charge in [-0.05, 0) is 31.2 Å². The Hall–Kier alpha value is -2.12. The molecule has 0 spiro atoms. The molecule has 0 aliphatic carbocycles. The van der Waals surface area contributed by atoms with Crippen LogP contribution in [0.15, 0.2) is 29.3 Å². The van der Waals surface area contributed by atoms with Gasteiger partial charge >= 0.3 is 0 Å². The Labute approximate surface area is 150 Å². The number of amides is 1. The summed E-state index contributed by atoms with van der Waals surface area (Å²) in [7, 11) is 5.58. The number of carbonyl (C=O) groups is 1. The third kappa shape index (κ3) is 9.69. The van der Waals surface area contributed by atoms with E-state index in [4.69, 9.17) is 4.74 Å². The number of guanidine groups is 1. The van der Waals surface area contributed by atoms with Crippen molar-refractivity contribution in [1.82, 2.24) is 15.5 Å². The predicted octanol–water partition coefficient (Wildman–Crippen LogP) is 1.28. The van der Waals surface area contributed by atoms with Gasteiger partial charge in [0.1, 0.15) is 0 Å². The Morgan fingerprint density at radius 3 is 2.76 bits per heavy atom. The van der Waals surface area contributed by atoms with Crippen molar-refractivity contribution in [1.29, 1.82) is 0 Å². The number of nitrogens with zero attached hydrogens (tertiary/aromatic N) is 2. The summed E-state index contributed by atoms with van der Waals surface area (Å²) in [5.41, 5.74) is 1.87. The van der Waals surface area contributed by atoms with Gasteiger partial charge in [0.05, 0.1) is 0 Å². The van der Waals surface area contributed by atoms with E-state index < -0.39 is 0 Å². The molecule has 0 saturated carbocycles. The van der Waals surface area contributed by atoms with Crippen LogP contribution in [-0.4, -0.2) is 64.2 Å². The molecule has 1 aromatic rings. The number of methoxy groups -OCH3 is 1. The fraction of sp³-hybridized carbons (Fsp3) is 0.556. The van der Waals surface area contributed by atoms with Crippen molar-refractivity contribution >= 4 is 17.6 Å². The van der Waals surface area contributed by atoms with E-state index in [1.807, 2.05) is 24.3 Å². The average Bonchev–Trinajstić information content (AvgIpc) is 2.58. The number of likely N-dealkylation sites (N-methyl/N-ethyl adjacent to an activating group) is 1. The molecule has 25 heavy (non-hydrogen) atoms. The summed E-state index contributed by atoms with van der Waals surface area (Å²) < 4.78 is 5.06. The van der Waals surface area contributed by atoms with Gasteiger partial charge in [0.2, 0.25) is 5.91 Å². The first kappa shape index (κ1) is 20.9. The van der Waals surface area contributed by atoms with Crippen molar-refractivity contribution in [3.05, 3.63) is 29.8 Å². The highest BCUT2D eigenvalue weighted by Gasteiger charge is 2.02. The van der Waals surface area contributed by atoms with Crippen LogP contribution in [0, 0.1) is 0 Å². The smallest absolute Gasteiger partial charge is 0.221 e. The lowest BCUT2D eigenvalue weighted by atomic mass is 10.2. The maximum Gasteiger partial charge on any atom is 0.221 e. The van der Waals surface area contributed by atoms with Crippen LogP contribution in [0.3, 0.4) is 0 Å². The van der Waals surface area contributed by atoms with Gasteiger partial charge in [-0.25, -0.2) is 0 Å². The number of ether oxygens (including phenoxy) is 1. The molecule has 7 nitrogen and oxygen atoms in total. The van der Waals surface area contributed by atoms with Gasteiger partial charge in [-0.2, -0.15) is 0 Å². The first-order valence-electron chi connectivity index (χ1n) is 8.53. The van der Waals surface area contributed by atoms with E-state index in [1.165, 1.54) is 6.92 Å². The molecule has 1 rings (SSSR count). The number of rotatable bonds is 10. The molecule has 140 valence electrons. The number of anilines is 1. The van der Waals surface area contributed by atoms with E-state index in [1.54, 1.807) is 14.2 Å². The molecule has 0 radical (unpaired) electrons. The van der Waals surface area contributed by atoms with Crippen molar-refractivity contribution in [2.75, 3.05) is 52.8 Å². The minimum absolute atomic E-state index is 0.0720. The molecule has 0 atom stereocenters. The lowest BCUT2D eigenvalue weighted by Gasteiger charge is -2.18. The normalized spacial score (nSPS) is 11.5. The molecule has 1 aromatic carbocycles. The van der Waals surface area contributed by atoms with Crippen LogP contribution < -0.4 is 16.0 Å². The molecule has 0 aromatic heterocycles. The van der Waals surface area contributed by atoms with Crippen LogP contribution in [0.1, 0.15) is 18.9 Å². The summed E-state index contributed by atoms with van der Waals surface area (Å²) in [5, 5.41) is 9.37. The Morgan fingerprint density at radius 1 is 1.28 bits per heavy atom. The summed E-state index contributed by atoms with van der Waals surface area (Å²) in [6.45, 7) is 5.69. The van der Waals surface area contributed by atoms with E-state index in [9.17, 15) is 4.79 Å². The molecule has 1 amide bonds. The molecule has 0 aliphatic heterocycles. The zero-order chi connectivity index (χ0) is 18.5. The number of benzene rings is 1. The second-order valence-corrected chi connectivity index (χ2v) is 5.88. The van der Waals surface area contributed by atoms with Crippen LogP contribution in [-0.2, 0) is 16.1 Å². The zero-order valence-corrected chi connectivity index (χ0v) is 15.8. The first-order chi connectivity index (χ1) is 12.0. The Bertz CT molecular complexity index is 548. The Morgan fingerprint density at radius 2 is 2.08 bits per heavy atom. The summed E-state index contributed by atoms with van der Waals surface area (Å²) in [6, 6.07) is 7.76. The fourth-order valence-electron chi connectivity index (χ4n) is 2.32. The second-order valence-electron chi connectivity index (χ2n) is 5.88. The van der Waals surface area contributed by atoms with Crippen LogP contribution >= 0.6 is 0 Å². The number of aliphatic imine (C=N–C) groups is 1. The van der Waals surface area contributed by atoms with Gasteiger partial charge in [0, 0.05) is 59.6 Å². The summed E-state index contributed by atoms with van der Waals surface area (Å²) in [4.78, 5) is 17.6. The van der Waals surface area contributed by atoms with E-state index in [2.05, 4.69) is 32.9 Å². The second kappa shape index (κ2) is 12.3. The number of hydrogen-bond donors (Lipinski definition) is 3. The Balaban J connectivity index is 2.33. The van der Waals surface area contributed by atoms with Gasteiger partial charge in [0.15, 0.2) is 5.96 Å². The van der Waals surface area contributed by atoms with Crippen LogP contribution in [0.25, 0.3) is 0 Å². The summed E-state index contributed by atoms with van der Waals surface area (Å²) in [6.07, 6.45) is 1.03. The van der Waals surface area contributed by atoms with E-state index in [0.717, 1.165) is 49.9 Å². The van der Waals surface area contributed by atoms with Crippen molar-refractivity contribution < 1.29 is 9.53 Å². The topological polar surface area (TPSA) is 78.0 Å². The molecule has 0 bridgehead atoms. The first-order valence-corrected chi connectivity index (χ1v) is 8.53. The molecule has 0 aliphatic rings. The lowest BCUT2D eigenvalue weighted by molar-refractivity contribution is -0.114. The SMILES string of the molecule is CN=C(NCCN(C)CCCOC)NCc1cccc(NC(C)=O)c1. The monoisotopic (exact) mass is 349 g/mol. The van der Waals surface area contributed by atoms with Crippen molar-refractivity contribution in [3.8, 4) is 0 Å². The molecule has 7 heteroatoms. The lowest BCUT2D eigenvalue weighted by Crippen LogP contribution is -2.40. The van der Waals surface area contributed by atoms with Gasteiger partial charge in [-0.15, -0.1) is 0 Å². The molecule has 3 N–H and O–H groups in total. The quantitative estimate of drug-likeness (QED) is 0.337. The minimum Gasteiger partial charge on any atom is -0.385 e. The third-order valence-electron chi connectivity index (χ3n) is 3.61. The van der Waals surface area contributed by atoms with E-state index in [-0.39, 0.29) is 5.91 Å². The third-order valence-corrected chi connectivity index (χ3v) is 3.61. The van der Waals surface area contributed by atoms with Crippen molar-refractivity contribution in [2.45, 2.75) is 19.9 Å². The molecule has 0 saturated heterocycles. The van der Waals surface area contributed by atoms with Crippen LogP contribution in [0.5, 0.6) is 0 Å². The van der Waals surface area contributed by atoms with Gasteiger partial charge in [-0.1, -0.05) is 12.1 Å². The highest BCUT2D eigenvalue weighted by Crippen LogP contribution is 2.10. The largest absolute Gasteiger partial charge is 0.385 e. The van der Waals surface area contributed by atoms with Gasteiger partial charge < -0.3 is 25.6 Å². The van der Waals surface area contributed by atoms with E-state index in [0.29, 0.717) is 6.54 Å². The Kier molecular flexibility index (Phi) is 10.3. The van der Waals surface area contributed by atoms with Crippen molar-refractivity contribution in [3.63, 3.8) is 0 Å². The number of hydrogen-bond acceptors (Lipinski definition) is 4. The maximum atomic E-state index is 11.1. The molecule has 0 heterocycles. The molecule has 0 unspecified atom stereocenters. The van der Waals surface area contributed by atoms with Crippen molar-refractivity contribution in [2.24, 2.45) is 4.99 Å². The fourth-order valence-corrected chi connectivity index (χ4v) is 2.32. The molecule has 0 fully saturated rings.